The highest BCUT2D eigenvalue weighted by Crippen LogP contribution is 2.45. The van der Waals surface area contributed by atoms with Gasteiger partial charge in [0.15, 0.2) is 0 Å². The van der Waals surface area contributed by atoms with E-state index in [2.05, 4.69) is 45.6 Å². The van der Waals surface area contributed by atoms with E-state index in [0.717, 1.165) is 66.5 Å². The normalized spacial score (nSPS) is 32.9. The summed E-state index contributed by atoms with van der Waals surface area (Å²) in [7, 11) is 0. The van der Waals surface area contributed by atoms with Crippen LogP contribution in [0.25, 0.3) is 0 Å². The van der Waals surface area contributed by atoms with Crippen LogP contribution in [0.15, 0.2) is 11.6 Å². The van der Waals surface area contributed by atoms with Gasteiger partial charge in [0.05, 0.1) is 6.61 Å². The molecular weight excluding hydrogens is 464 g/mol. The van der Waals surface area contributed by atoms with E-state index >= 15 is 0 Å². The molecule has 4 aliphatic rings. The molecular formula is C35H64N2O. The number of nitrogens with zero attached hydrogens (tertiary/aromatic N) is 1. The largest absolute Gasteiger partial charge is 0.381 e. The van der Waals surface area contributed by atoms with Crippen molar-refractivity contribution in [3.8, 4) is 0 Å². The highest BCUT2D eigenvalue weighted by molar-refractivity contribution is 5.17. The Balaban J connectivity index is 1.29. The SMILES string of the molecule is CCCC(C(C)CC(C)CC1=CC(N)CC(C2CCN(CC3CCCOC3)CC2)C1CC)C(C)CC1CC1. The predicted molar refractivity (Wildman–Crippen MR) is 163 cm³/mol. The number of rotatable bonds is 14. The quantitative estimate of drug-likeness (QED) is 0.230. The molecule has 2 N–H and O–H groups in total. The van der Waals surface area contributed by atoms with Crippen molar-refractivity contribution in [1.29, 1.82) is 0 Å². The van der Waals surface area contributed by atoms with E-state index in [1.165, 1.54) is 103 Å². The zero-order valence-corrected chi connectivity index (χ0v) is 26.0. The van der Waals surface area contributed by atoms with Crippen LogP contribution in [-0.2, 0) is 4.74 Å². The second-order valence-corrected chi connectivity index (χ2v) is 14.7. The number of piperidine rings is 1. The first kappa shape index (κ1) is 30.6. The topological polar surface area (TPSA) is 38.5 Å². The molecule has 2 aliphatic carbocycles. The third kappa shape index (κ3) is 8.81. The summed E-state index contributed by atoms with van der Waals surface area (Å²) >= 11 is 0. The maximum absolute atomic E-state index is 6.75. The van der Waals surface area contributed by atoms with Crippen LogP contribution in [0.1, 0.15) is 118 Å². The number of allylic oxidation sites excluding steroid dienone is 1. The van der Waals surface area contributed by atoms with Gasteiger partial charge in [-0.1, -0.05) is 72.0 Å². The Hall–Kier alpha value is -0.380. The Bertz CT molecular complexity index is 703. The van der Waals surface area contributed by atoms with Crippen LogP contribution in [0.3, 0.4) is 0 Å². The van der Waals surface area contributed by atoms with Crippen LogP contribution in [0.2, 0.25) is 0 Å². The fraction of sp³-hybridized carbons (Fsp3) is 0.943. The minimum absolute atomic E-state index is 0.270. The fourth-order valence-electron chi connectivity index (χ4n) is 9.22. The van der Waals surface area contributed by atoms with Crippen LogP contribution in [0, 0.1) is 53.3 Å². The van der Waals surface area contributed by atoms with E-state index in [1.807, 2.05) is 0 Å². The number of hydrogen-bond acceptors (Lipinski definition) is 3. The lowest BCUT2D eigenvalue weighted by molar-refractivity contribution is 0.0275. The van der Waals surface area contributed by atoms with Crippen molar-refractivity contribution in [2.24, 2.45) is 59.0 Å². The molecule has 0 amide bonds. The lowest BCUT2D eigenvalue weighted by Gasteiger charge is -2.44. The monoisotopic (exact) mass is 529 g/mol. The van der Waals surface area contributed by atoms with Gasteiger partial charge in [-0.2, -0.15) is 0 Å². The molecule has 8 atom stereocenters. The van der Waals surface area contributed by atoms with Gasteiger partial charge in [0.25, 0.3) is 0 Å². The van der Waals surface area contributed by atoms with Gasteiger partial charge in [-0.3, -0.25) is 0 Å². The van der Waals surface area contributed by atoms with Crippen LogP contribution < -0.4 is 5.73 Å². The number of hydrogen-bond donors (Lipinski definition) is 1. The van der Waals surface area contributed by atoms with Crippen molar-refractivity contribution in [2.75, 3.05) is 32.8 Å². The predicted octanol–water partition coefficient (Wildman–Crippen LogP) is 8.33. The Morgan fingerprint density at radius 3 is 2.39 bits per heavy atom. The summed E-state index contributed by atoms with van der Waals surface area (Å²) < 4.78 is 5.75. The average Bonchev–Trinajstić information content (AvgIpc) is 3.71. The summed E-state index contributed by atoms with van der Waals surface area (Å²) in [5.41, 5.74) is 8.48. The number of ether oxygens (including phenoxy) is 1. The molecule has 2 saturated heterocycles. The molecule has 1 saturated carbocycles. The molecule has 2 heterocycles. The van der Waals surface area contributed by atoms with Gasteiger partial charge < -0.3 is 15.4 Å². The summed E-state index contributed by atoms with van der Waals surface area (Å²) in [6.07, 6.45) is 20.3. The first-order valence-electron chi connectivity index (χ1n) is 17.1. The highest BCUT2D eigenvalue weighted by atomic mass is 16.5. The summed E-state index contributed by atoms with van der Waals surface area (Å²) in [6, 6.07) is 0.270. The van der Waals surface area contributed by atoms with Gasteiger partial charge in [0, 0.05) is 19.2 Å². The van der Waals surface area contributed by atoms with Crippen molar-refractivity contribution < 1.29 is 4.74 Å². The Morgan fingerprint density at radius 2 is 1.76 bits per heavy atom. The minimum Gasteiger partial charge on any atom is -0.381 e. The van der Waals surface area contributed by atoms with Gasteiger partial charge in [-0.25, -0.2) is 0 Å². The lowest BCUT2D eigenvalue weighted by atomic mass is 9.65. The molecule has 3 nitrogen and oxygen atoms in total. The summed E-state index contributed by atoms with van der Waals surface area (Å²) in [6.45, 7) is 18.3. The van der Waals surface area contributed by atoms with Crippen molar-refractivity contribution in [3.63, 3.8) is 0 Å². The van der Waals surface area contributed by atoms with E-state index in [4.69, 9.17) is 10.5 Å². The van der Waals surface area contributed by atoms with Crippen molar-refractivity contribution in [1.82, 2.24) is 4.90 Å². The standard InChI is InChI=1S/C35H64N2O/c1-6-9-34(27(5)20-28-11-12-28)26(4)18-25(3)19-31-21-32(36)22-35(33(31)7-2)30-13-15-37(16-14-30)23-29-10-8-17-38-24-29/h21,25-30,32-35H,6-20,22-24,36H2,1-5H3. The molecule has 2 aliphatic heterocycles. The average molecular weight is 529 g/mol. The van der Waals surface area contributed by atoms with Crippen LogP contribution in [-0.4, -0.2) is 43.8 Å². The van der Waals surface area contributed by atoms with Crippen LogP contribution in [0.4, 0.5) is 0 Å². The second-order valence-electron chi connectivity index (χ2n) is 14.7. The summed E-state index contributed by atoms with van der Waals surface area (Å²) in [5, 5.41) is 0. The molecule has 3 fully saturated rings. The van der Waals surface area contributed by atoms with Crippen molar-refractivity contribution in [3.05, 3.63) is 11.6 Å². The minimum atomic E-state index is 0.270. The number of nitrogens with two attached hydrogens (primary N) is 1. The van der Waals surface area contributed by atoms with E-state index < -0.39 is 0 Å². The van der Waals surface area contributed by atoms with Gasteiger partial charge >= 0.3 is 0 Å². The maximum atomic E-state index is 6.75. The van der Waals surface area contributed by atoms with Gasteiger partial charge in [0.1, 0.15) is 0 Å². The van der Waals surface area contributed by atoms with Gasteiger partial charge in [0.2, 0.25) is 0 Å². The summed E-state index contributed by atoms with van der Waals surface area (Å²) in [4.78, 5) is 2.75. The third-order valence-corrected chi connectivity index (χ3v) is 11.3. The lowest BCUT2D eigenvalue weighted by Crippen LogP contribution is -2.43. The molecule has 0 aromatic carbocycles. The molecule has 0 radical (unpaired) electrons. The highest BCUT2D eigenvalue weighted by Gasteiger charge is 2.37. The molecule has 0 bridgehead atoms. The molecule has 38 heavy (non-hydrogen) atoms. The van der Waals surface area contributed by atoms with E-state index in [1.54, 1.807) is 5.57 Å². The molecule has 8 unspecified atom stereocenters. The number of likely N-dealkylation sites (tertiary alicyclic amines) is 1. The zero-order chi connectivity index (χ0) is 27.1. The third-order valence-electron chi connectivity index (χ3n) is 11.3. The van der Waals surface area contributed by atoms with Gasteiger partial charge in [-0.15, -0.1) is 0 Å². The van der Waals surface area contributed by atoms with E-state index in [9.17, 15) is 0 Å². The Kier molecular flexibility index (Phi) is 12.1. The smallest absolute Gasteiger partial charge is 0.0506 e. The van der Waals surface area contributed by atoms with Crippen molar-refractivity contribution >= 4 is 0 Å². The first-order valence-corrected chi connectivity index (χ1v) is 17.1. The molecule has 3 heteroatoms. The van der Waals surface area contributed by atoms with Crippen molar-refractivity contribution in [2.45, 2.75) is 124 Å². The zero-order valence-electron chi connectivity index (χ0n) is 26.0. The van der Waals surface area contributed by atoms with E-state index in [-0.39, 0.29) is 6.04 Å². The molecule has 0 aromatic rings. The second kappa shape index (κ2) is 15.0. The van der Waals surface area contributed by atoms with Gasteiger partial charge in [-0.05, 0) is 124 Å². The molecule has 0 aromatic heterocycles. The Morgan fingerprint density at radius 1 is 1.00 bits per heavy atom. The first-order chi connectivity index (χ1) is 18.4. The maximum Gasteiger partial charge on any atom is 0.0506 e. The van der Waals surface area contributed by atoms with Crippen LogP contribution >= 0.6 is 0 Å². The molecule has 0 spiro atoms. The van der Waals surface area contributed by atoms with E-state index in [0.29, 0.717) is 0 Å². The fourth-order valence-corrected chi connectivity index (χ4v) is 9.22. The molecule has 4 rings (SSSR count). The molecule has 220 valence electrons. The van der Waals surface area contributed by atoms with Crippen LogP contribution in [0.5, 0.6) is 0 Å². The Labute approximate surface area is 237 Å². The summed E-state index contributed by atoms with van der Waals surface area (Å²) in [5.74, 6) is 7.65.